The molecular weight excluding hydrogens is 204 g/mol. The van der Waals surface area contributed by atoms with Crippen LogP contribution in [0.4, 0.5) is 0 Å². The highest BCUT2D eigenvalue weighted by Crippen LogP contribution is 2.23. The van der Waals surface area contributed by atoms with Gasteiger partial charge in [-0.1, -0.05) is 30.3 Å². The van der Waals surface area contributed by atoms with Gasteiger partial charge in [-0.15, -0.1) is 0 Å². The van der Waals surface area contributed by atoms with Gasteiger partial charge in [0.05, 0.1) is 5.41 Å². The van der Waals surface area contributed by atoms with Gasteiger partial charge in [-0.25, -0.2) is 0 Å². The third-order valence-electron chi connectivity index (χ3n) is 2.91. The number of rotatable bonds is 5. The lowest BCUT2D eigenvalue weighted by Crippen LogP contribution is -2.50. The fraction of sp³-hybridized carbons (Fsp3) is 0.417. The fourth-order valence-electron chi connectivity index (χ4n) is 1.52. The van der Waals surface area contributed by atoms with Crippen molar-refractivity contribution in [1.82, 2.24) is 5.43 Å². The van der Waals surface area contributed by atoms with E-state index in [0.29, 0.717) is 6.42 Å². The van der Waals surface area contributed by atoms with Crippen LogP contribution in [0.2, 0.25) is 0 Å². The molecule has 0 amide bonds. The van der Waals surface area contributed by atoms with E-state index in [9.17, 15) is 4.79 Å². The quantitative estimate of drug-likeness (QED) is 0.516. The van der Waals surface area contributed by atoms with E-state index < -0.39 is 11.4 Å². The molecular formula is C12H18N2O2. The number of hydrazine groups is 1. The number of aliphatic carboxylic acids is 1. The Labute approximate surface area is 95.4 Å². The minimum atomic E-state index is -0.898. The van der Waals surface area contributed by atoms with E-state index in [4.69, 9.17) is 10.9 Å². The van der Waals surface area contributed by atoms with Crippen molar-refractivity contribution in [3.63, 3.8) is 0 Å². The van der Waals surface area contributed by atoms with Crippen LogP contribution in [-0.2, 0) is 11.2 Å². The van der Waals surface area contributed by atoms with Gasteiger partial charge in [-0.3, -0.25) is 16.1 Å². The van der Waals surface area contributed by atoms with Crippen molar-refractivity contribution < 1.29 is 9.90 Å². The zero-order chi connectivity index (χ0) is 12.2. The first-order valence-corrected chi connectivity index (χ1v) is 5.22. The van der Waals surface area contributed by atoms with Gasteiger partial charge in [0.2, 0.25) is 0 Å². The Balaban J connectivity index is 2.81. The summed E-state index contributed by atoms with van der Waals surface area (Å²) in [6.45, 7) is 3.34. The molecule has 4 nitrogen and oxygen atoms in total. The standard InChI is InChI=1S/C12H18N2O2/c1-12(2,11(15)16)10(14-13)8-9-6-4-3-5-7-9/h3-7,10,14H,8,13H2,1-2H3,(H,15,16). The average Bonchev–Trinajstić information content (AvgIpc) is 2.26. The fourth-order valence-corrected chi connectivity index (χ4v) is 1.52. The lowest BCUT2D eigenvalue weighted by atomic mass is 9.81. The number of hydrogen-bond acceptors (Lipinski definition) is 3. The smallest absolute Gasteiger partial charge is 0.310 e. The second-order valence-electron chi connectivity index (χ2n) is 4.44. The molecule has 4 heteroatoms. The van der Waals surface area contributed by atoms with Crippen molar-refractivity contribution in [2.24, 2.45) is 11.3 Å². The van der Waals surface area contributed by atoms with Crippen molar-refractivity contribution in [3.8, 4) is 0 Å². The summed E-state index contributed by atoms with van der Waals surface area (Å²) < 4.78 is 0. The summed E-state index contributed by atoms with van der Waals surface area (Å²) in [6.07, 6.45) is 0.594. The molecule has 0 radical (unpaired) electrons. The van der Waals surface area contributed by atoms with E-state index in [0.717, 1.165) is 5.56 Å². The zero-order valence-electron chi connectivity index (χ0n) is 9.60. The van der Waals surface area contributed by atoms with Gasteiger partial charge in [0.15, 0.2) is 0 Å². The summed E-state index contributed by atoms with van der Waals surface area (Å²) >= 11 is 0. The van der Waals surface area contributed by atoms with Gasteiger partial charge < -0.3 is 5.11 Å². The second kappa shape index (κ2) is 5.09. The summed E-state index contributed by atoms with van der Waals surface area (Å²) in [5.74, 6) is 4.58. The topological polar surface area (TPSA) is 75.3 Å². The van der Waals surface area contributed by atoms with Crippen LogP contribution in [0.1, 0.15) is 19.4 Å². The monoisotopic (exact) mass is 222 g/mol. The normalized spacial score (nSPS) is 13.4. The van der Waals surface area contributed by atoms with E-state index in [1.54, 1.807) is 13.8 Å². The first-order chi connectivity index (χ1) is 7.48. The molecule has 0 saturated carbocycles. The first-order valence-electron chi connectivity index (χ1n) is 5.22. The lowest BCUT2D eigenvalue weighted by Gasteiger charge is -2.29. The van der Waals surface area contributed by atoms with E-state index in [2.05, 4.69) is 5.43 Å². The van der Waals surface area contributed by atoms with Gasteiger partial charge in [0, 0.05) is 6.04 Å². The Morgan fingerprint density at radius 3 is 2.44 bits per heavy atom. The van der Waals surface area contributed by atoms with Crippen molar-refractivity contribution in [3.05, 3.63) is 35.9 Å². The number of hydrogen-bond donors (Lipinski definition) is 3. The largest absolute Gasteiger partial charge is 0.481 e. The highest BCUT2D eigenvalue weighted by atomic mass is 16.4. The van der Waals surface area contributed by atoms with Crippen molar-refractivity contribution in [1.29, 1.82) is 0 Å². The van der Waals surface area contributed by atoms with E-state index in [1.165, 1.54) is 0 Å². The van der Waals surface area contributed by atoms with Crippen LogP contribution in [-0.4, -0.2) is 17.1 Å². The first kappa shape index (κ1) is 12.7. The molecule has 0 bridgehead atoms. The summed E-state index contributed by atoms with van der Waals surface area (Å²) in [6, 6.07) is 9.40. The third kappa shape index (κ3) is 2.81. The Kier molecular flexibility index (Phi) is 4.04. The van der Waals surface area contributed by atoms with Gasteiger partial charge in [0.1, 0.15) is 0 Å². The minimum Gasteiger partial charge on any atom is -0.481 e. The number of nitrogens with one attached hydrogen (secondary N) is 1. The Morgan fingerprint density at radius 1 is 1.44 bits per heavy atom. The van der Waals surface area contributed by atoms with E-state index in [1.807, 2.05) is 30.3 Å². The molecule has 0 saturated heterocycles. The summed E-state index contributed by atoms with van der Waals surface area (Å²) in [4.78, 5) is 11.1. The maximum absolute atomic E-state index is 11.1. The average molecular weight is 222 g/mol. The molecule has 88 valence electrons. The van der Waals surface area contributed by atoms with Crippen LogP contribution in [0.25, 0.3) is 0 Å². The summed E-state index contributed by atoms with van der Waals surface area (Å²) in [5, 5.41) is 9.13. The number of carboxylic acid groups (broad SMARTS) is 1. The molecule has 1 atom stereocenters. The highest BCUT2D eigenvalue weighted by Gasteiger charge is 2.36. The van der Waals surface area contributed by atoms with Crippen LogP contribution < -0.4 is 11.3 Å². The number of nitrogens with two attached hydrogens (primary N) is 1. The third-order valence-corrected chi connectivity index (χ3v) is 2.91. The summed E-state index contributed by atoms with van der Waals surface area (Å²) in [7, 11) is 0. The molecule has 1 unspecified atom stereocenters. The molecule has 0 heterocycles. The Hall–Kier alpha value is -1.39. The Bertz CT molecular complexity index is 349. The zero-order valence-corrected chi connectivity index (χ0v) is 9.60. The predicted molar refractivity (Wildman–Crippen MR) is 62.7 cm³/mol. The van der Waals surface area contributed by atoms with Gasteiger partial charge >= 0.3 is 5.97 Å². The van der Waals surface area contributed by atoms with Crippen LogP contribution in [0, 0.1) is 5.41 Å². The van der Waals surface area contributed by atoms with Crippen LogP contribution in [0.5, 0.6) is 0 Å². The minimum absolute atomic E-state index is 0.299. The van der Waals surface area contributed by atoms with Gasteiger partial charge in [0.25, 0.3) is 0 Å². The van der Waals surface area contributed by atoms with E-state index in [-0.39, 0.29) is 6.04 Å². The molecule has 0 aliphatic rings. The number of benzene rings is 1. The van der Waals surface area contributed by atoms with E-state index >= 15 is 0 Å². The molecule has 1 rings (SSSR count). The SMILES string of the molecule is CC(C)(C(=O)O)C(Cc1ccccc1)NN. The molecule has 0 aliphatic heterocycles. The van der Waals surface area contributed by atoms with Crippen LogP contribution in [0.15, 0.2) is 30.3 Å². The molecule has 0 fully saturated rings. The van der Waals surface area contributed by atoms with Crippen molar-refractivity contribution in [2.75, 3.05) is 0 Å². The maximum Gasteiger partial charge on any atom is 0.310 e. The molecule has 1 aromatic carbocycles. The van der Waals surface area contributed by atoms with Gasteiger partial charge in [-0.2, -0.15) is 0 Å². The van der Waals surface area contributed by atoms with Crippen LogP contribution >= 0.6 is 0 Å². The molecule has 0 spiro atoms. The molecule has 1 aromatic rings. The number of carbonyl (C=O) groups is 1. The second-order valence-corrected chi connectivity index (χ2v) is 4.44. The van der Waals surface area contributed by atoms with Crippen molar-refractivity contribution >= 4 is 5.97 Å². The molecule has 16 heavy (non-hydrogen) atoms. The molecule has 4 N–H and O–H groups in total. The molecule has 0 aliphatic carbocycles. The summed E-state index contributed by atoms with van der Waals surface area (Å²) in [5.41, 5.74) is 2.76. The number of carboxylic acids is 1. The van der Waals surface area contributed by atoms with Crippen molar-refractivity contribution in [2.45, 2.75) is 26.3 Å². The van der Waals surface area contributed by atoms with Gasteiger partial charge in [-0.05, 0) is 25.8 Å². The maximum atomic E-state index is 11.1. The predicted octanol–water partition coefficient (Wildman–Crippen LogP) is 1.17. The highest BCUT2D eigenvalue weighted by molar-refractivity contribution is 5.74. The van der Waals surface area contributed by atoms with Crippen LogP contribution in [0.3, 0.4) is 0 Å². The Morgan fingerprint density at radius 2 is 2.00 bits per heavy atom. The lowest BCUT2D eigenvalue weighted by molar-refractivity contribution is -0.148. The molecule has 0 aromatic heterocycles.